The predicted molar refractivity (Wildman–Crippen MR) is 121 cm³/mol. The first-order chi connectivity index (χ1) is 15.9. The fourth-order valence-corrected chi connectivity index (χ4v) is 3.21. The van der Waals surface area contributed by atoms with Gasteiger partial charge in [0.1, 0.15) is 18.0 Å². The van der Waals surface area contributed by atoms with Gasteiger partial charge in [-0.2, -0.15) is 13.2 Å². The number of furan rings is 1. The van der Waals surface area contributed by atoms with Crippen LogP contribution in [0.15, 0.2) is 35.4 Å². The largest absolute Gasteiger partial charge is 0.490 e. The second-order valence-electron chi connectivity index (χ2n) is 8.95. The molecule has 3 heterocycles. The SMILES string of the molecule is CC(Nc1cc(N2CCC(NCC(C)(C)CO)CC2)ncn1)c1ccoc1.O=C(O)C(F)(F)F. The summed E-state index contributed by atoms with van der Waals surface area (Å²) in [5.74, 6) is -0.979. The van der Waals surface area contributed by atoms with Crippen LogP contribution in [0.3, 0.4) is 0 Å². The molecule has 0 aliphatic carbocycles. The molecule has 190 valence electrons. The van der Waals surface area contributed by atoms with Gasteiger partial charge in [0.05, 0.1) is 18.6 Å². The summed E-state index contributed by atoms with van der Waals surface area (Å²) in [5, 5.41) is 23.5. The summed E-state index contributed by atoms with van der Waals surface area (Å²) in [7, 11) is 0. The van der Waals surface area contributed by atoms with Gasteiger partial charge in [0.2, 0.25) is 0 Å². The average Bonchev–Trinajstić information content (AvgIpc) is 3.33. The van der Waals surface area contributed by atoms with Crippen molar-refractivity contribution < 1.29 is 32.6 Å². The maximum Gasteiger partial charge on any atom is 0.490 e. The molecule has 0 radical (unpaired) electrons. The quantitative estimate of drug-likeness (QED) is 0.443. The zero-order valence-electron chi connectivity index (χ0n) is 19.5. The molecule has 1 atom stereocenters. The van der Waals surface area contributed by atoms with Gasteiger partial charge in [-0.25, -0.2) is 14.8 Å². The van der Waals surface area contributed by atoms with E-state index in [1.54, 1.807) is 18.9 Å². The highest BCUT2D eigenvalue weighted by Crippen LogP contribution is 2.23. The Labute approximate surface area is 196 Å². The smallest absolute Gasteiger partial charge is 0.475 e. The second kappa shape index (κ2) is 12.0. The number of aromatic nitrogens is 2. The van der Waals surface area contributed by atoms with Gasteiger partial charge in [0, 0.05) is 49.3 Å². The van der Waals surface area contributed by atoms with Gasteiger partial charge in [-0.05, 0) is 25.8 Å². The molecule has 0 spiro atoms. The molecule has 1 aliphatic rings. The van der Waals surface area contributed by atoms with E-state index < -0.39 is 12.1 Å². The van der Waals surface area contributed by atoms with Crippen molar-refractivity contribution in [2.75, 3.05) is 36.5 Å². The van der Waals surface area contributed by atoms with Gasteiger partial charge in [0.15, 0.2) is 0 Å². The Hall–Kier alpha value is -2.86. The third kappa shape index (κ3) is 8.82. The van der Waals surface area contributed by atoms with E-state index >= 15 is 0 Å². The molecule has 2 aromatic heterocycles. The molecule has 9 nitrogen and oxygen atoms in total. The third-order valence-electron chi connectivity index (χ3n) is 5.42. The van der Waals surface area contributed by atoms with E-state index in [4.69, 9.17) is 14.3 Å². The number of aliphatic carboxylic acids is 1. The van der Waals surface area contributed by atoms with Crippen LogP contribution in [0.1, 0.15) is 45.2 Å². The van der Waals surface area contributed by atoms with E-state index in [0.29, 0.717) is 6.04 Å². The molecule has 2 aromatic rings. The number of rotatable bonds is 8. The number of halogens is 3. The van der Waals surface area contributed by atoms with Gasteiger partial charge in [-0.3, -0.25) is 0 Å². The predicted octanol–water partition coefficient (Wildman–Crippen LogP) is 3.45. The first kappa shape index (κ1) is 27.4. The number of hydrogen-bond donors (Lipinski definition) is 4. The van der Waals surface area contributed by atoms with Crippen LogP contribution in [-0.2, 0) is 4.79 Å². The summed E-state index contributed by atoms with van der Waals surface area (Å²) in [6.45, 7) is 9.20. The Kier molecular flexibility index (Phi) is 9.68. The lowest BCUT2D eigenvalue weighted by Crippen LogP contribution is -2.46. The van der Waals surface area contributed by atoms with Crippen molar-refractivity contribution in [2.24, 2.45) is 5.41 Å². The van der Waals surface area contributed by atoms with Crippen molar-refractivity contribution in [3.8, 4) is 0 Å². The van der Waals surface area contributed by atoms with Crippen LogP contribution in [0.4, 0.5) is 24.8 Å². The Morgan fingerprint density at radius 2 is 1.94 bits per heavy atom. The lowest BCUT2D eigenvalue weighted by atomic mass is 9.93. The van der Waals surface area contributed by atoms with Gasteiger partial charge in [0.25, 0.3) is 0 Å². The van der Waals surface area contributed by atoms with E-state index in [0.717, 1.165) is 49.7 Å². The summed E-state index contributed by atoms with van der Waals surface area (Å²) in [6, 6.07) is 4.58. The lowest BCUT2D eigenvalue weighted by molar-refractivity contribution is -0.192. The van der Waals surface area contributed by atoms with Crippen LogP contribution in [-0.4, -0.2) is 64.6 Å². The van der Waals surface area contributed by atoms with E-state index in [2.05, 4.69) is 46.3 Å². The number of piperidine rings is 1. The molecule has 0 bridgehead atoms. The number of nitrogens with zero attached hydrogens (tertiary/aromatic N) is 3. The molecule has 3 rings (SSSR count). The number of anilines is 2. The number of carboxylic acids is 1. The minimum Gasteiger partial charge on any atom is -0.475 e. The number of aliphatic hydroxyl groups is 1. The Morgan fingerprint density at radius 3 is 2.47 bits per heavy atom. The van der Waals surface area contributed by atoms with Gasteiger partial charge >= 0.3 is 12.1 Å². The molecule has 1 unspecified atom stereocenters. The van der Waals surface area contributed by atoms with Crippen molar-refractivity contribution in [1.29, 1.82) is 0 Å². The molecule has 0 saturated carbocycles. The molecule has 0 amide bonds. The second-order valence-corrected chi connectivity index (χ2v) is 8.95. The summed E-state index contributed by atoms with van der Waals surface area (Å²) in [5.41, 5.74) is 1.02. The highest BCUT2D eigenvalue weighted by molar-refractivity contribution is 5.73. The third-order valence-corrected chi connectivity index (χ3v) is 5.42. The number of carboxylic acid groups (broad SMARTS) is 1. The van der Waals surface area contributed by atoms with E-state index in [1.807, 2.05) is 12.1 Å². The Balaban J connectivity index is 0.000000509. The monoisotopic (exact) mass is 487 g/mol. The van der Waals surface area contributed by atoms with Crippen molar-refractivity contribution in [3.63, 3.8) is 0 Å². The molecule has 4 N–H and O–H groups in total. The molecular formula is C22H32F3N5O4. The van der Waals surface area contributed by atoms with E-state index in [-0.39, 0.29) is 18.1 Å². The van der Waals surface area contributed by atoms with Gasteiger partial charge in [-0.1, -0.05) is 13.8 Å². The first-order valence-corrected chi connectivity index (χ1v) is 10.9. The van der Waals surface area contributed by atoms with Gasteiger partial charge in [-0.15, -0.1) is 0 Å². The number of hydrogen-bond acceptors (Lipinski definition) is 8. The molecule has 12 heteroatoms. The number of aliphatic hydroxyl groups excluding tert-OH is 1. The fourth-order valence-electron chi connectivity index (χ4n) is 3.21. The Morgan fingerprint density at radius 1 is 1.29 bits per heavy atom. The van der Waals surface area contributed by atoms with Crippen molar-refractivity contribution in [3.05, 3.63) is 36.5 Å². The van der Waals surface area contributed by atoms with Crippen LogP contribution in [0.2, 0.25) is 0 Å². The van der Waals surface area contributed by atoms with Crippen LogP contribution in [0, 0.1) is 5.41 Å². The zero-order valence-corrected chi connectivity index (χ0v) is 19.5. The van der Waals surface area contributed by atoms with Crippen LogP contribution >= 0.6 is 0 Å². The minimum atomic E-state index is -5.08. The summed E-state index contributed by atoms with van der Waals surface area (Å²) >= 11 is 0. The van der Waals surface area contributed by atoms with Gasteiger partial charge < -0.3 is 30.2 Å². The maximum absolute atomic E-state index is 10.6. The molecular weight excluding hydrogens is 455 g/mol. The summed E-state index contributed by atoms with van der Waals surface area (Å²) in [6.07, 6.45) is 2.10. The van der Waals surface area contributed by atoms with Crippen molar-refractivity contribution >= 4 is 17.6 Å². The van der Waals surface area contributed by atoms with Crippen LogP contribution in [0.25, 0.3) is 0 Å². The van der Waals surface area contributed by atoms with E-state index in [9.17, 15) is 18.3 Å². The number of carbonyl (C=O) groups is 1. The van der Waals surface area contributed by atoms with Crippen molar-refractivity contribution in [1.82, 2.24) is 15.3 Å². The van der Waals surface area contributed by atoms with E-state index in [1.165, 1.54) is 0 Å². The molecule has 34 heavy (non-hydrogen) atoms. The first-order valence-electron chi connectivity index (χ1n) is 10.9. The maximum atomic E-state index is 10.6. The molecule has 1 aliphatic heterocycles. The number of nitrogens with one attached hydrogen (secondary N) is 2. The zero-order chi connectivity index (χ0) is 25.4. The summed E-state index contributed by atoms with van der Waals surface area (Å²) in [4.78, 5) is 20.0. The highest BCUT2D eigenvalue weighted by Gasteiger charge is 2.38. The summed E-state index contributed by atoms with van der Waals surface area (Å²) < 4.78 is 36.9. The average molecular weight is 488 g/mol. The normalized spacial score (nSPS) is 15.9. The lowest BCUT2D eigenvalue weighted by Gasteiger charge is -2.35. The fraction of sp³-hybridized carbons (Fsp3) is 0.591. The highest BCUT2D eigenvalue weighted by atomic mass is 19.4. The topological polar surface area (TPSA) is 124 Å². The molecule has 1 saturated heterocycles. The molecule has 0 aromatic carbocycles. The molecule has 1 fully saturated rings. The van der Waals surface area contributed by atoms with Crippen molar-refractivity contribution in [2.45, 2.75) is 51.9 Å². The minimum absolute atomic E-state index is 0.0734. The standard InChI is InChI=1S/C20H31N5O2.C2HF3O2/c1-15(16-6-9-27-11-16)24-18-10-19(23-14-22-18)25-7-4-17(5-8-25)21-12-20(2,3)13-26;3-2(4,5)1(6)7/h6,9-11,14-15,17,21,26H,4-5,7-8,12-13H2,1-3H3,(H,22,23,24);(H,6,7). The van der Waals surface area contributed by atoms with Crippen LogP contribution < -0.4 is 15.5 Å². The Bertz CT molecular complexity index is 885. The number of alkyl halides is 3. The van der Waals surface area contributed by atoms with Crippen LogP contribution in [0.5, 0.6) is 0 Å².